The molecule has 0 spiro atoms. The summed E-state index contributed by atoms with van der Waals surface area (Å²) in [6.45, 7) is 4.19. The molecule has 0 N–H and O–H groups in total. The molecule has 0 unspecified atom stereocenters. The highest BCUT2D eigenvalue weighted by Gasteiger charge is 2.25. The molecule has 0 saturated carbocycles. The van der Waals surface area contributed by atoms with Crippen molar-refractivity contribution in [3.8, 4) is 5.88 Å². The van der Waals surface area contributed by atoms with Crippen molar-refractivity contribution in [2.75, 3.05) is 41.4 Å². The normalized spacial score (nSPS) is 11.3. The fraction of sp³-hybridized carbons (Fsp3) is 0.409. The lowest BCUT2D eigenvalue weighted by Crippen LogP contribution is -2.36. The Balaban J connectivity index is 1.99. The van der Waals surface area contributed by atoms with Crippen LogP contribution in [0.15, 0.2) is 30.3 Å². The standard InChI is InChI=1S/C22H28N4O3S/c1-15-18-20(29-5)23-17(14-28-4)24-21(18)30-19(15)22(27)26(12-11-25(2)3)13-16-9-7-6-8-10-16/h6-10H,11-14H2,1-5H3. The van der Waals surface area contributed by atoms with Crippen LogP contribution in [-0.4, -0.2) is 67.1 Å². The molecular formula is C22H28N4O3S. The SMILES string of the molecule is COCc1nc(OC)c2c(C)c(C(=O)N(CCN(C)C)Cc3ccccc3)sc2n1. The van der Waals surface area contributed by atoms with Crippen LogP contribution in [0.3, 0.4) is 0 Å². The number of carbonyl (C=O) groups excluding carboxylic acids is 1. The van der Waals surface area contributed by atoms with Crippen molar-refractivity contribution in [3.63, 3.8) is 0 Å². The minimum atomic E-state index is -0.00320. The highest BCUT2D eigenvalue weighted by Crippen LogP contribution is 2.35. The quantitative estimate of drug-likeness (QED) is 0.521. The maximum atomic E-state index is 13.6. The molecule has 2 heterocycles. The zero-order chi connectivity index (χ0) is 21.7. The van der Waals surface area contributed by atoms with Gasteiger partial charge in [0.2, 0.25) is 5.88 Å². The van der Waals surface area contributed by atoms with Crippen LogP contribution >= 0.6 is 11.3 Å². The molecule has 0 aliphatic carbocycles. The number of fused-ring (bicyclic) bond motifs is 1. The van der Waals surface area contributed by atoms with Gasteiger partial charge in [0.15, 0.2) is 5.82 Å². The average Bonchev–Trinajstić information content (AvgIpc) is 3.07. The van der Waals surface area contributed by atoms with Gasteiger partial charge in [0.05, 0.1) is 17.4 Å². The summed E-state index contributed by atoms with van der Waals surface area (Å²) in [4.78, 5) is 28.0. The molecular weight excluding hydrogens is 400 g/mol. The summed E-state index contributed by atoms with van der Waals surface area (Å²) in [5, 5.41) is 0.790. The summed E-state index contributed by atoms with van der Waals surface area (Å²) in [7, 11) is 7.19. The Morgan fingerprint density at radius 3 is 2.47 bits per heavy atom. The number of aryl methyl sites for hydroxylation is 1. The first-order chi connectivity index (χ1) is 14.4. The minimum Gasteiger partial charge on any atom is -0.480 e. The van der Waals surface area contributed by atoms with E-state index < -0.39 is 0 Å². The Morgan fingerprint density at radius 1 is 1.10 bits per heavy atom. The third kappa shape index (κ3) is 4.95. The largest absolute Gasteiger partial charge is 0.480 e. The number of amides is 1. The van der Waals surface area contributed by atoms with Crippen LogP contribution in [-0.2, 0) is 17.9 Å². The molecule has 0 radical (unpaired) electrons. The van der Waals surface area contributed by atoms with Gasteiger partial charge in [-0.1, -0.05) is 30.3 Å². The van der Waals surface area contributed by atoms with Crippen LogP contribution in [0.5, 0.6) is 5.88 Å². The van der Waals surface area contributed by atoms with Gasteiger partial charge < -0.3 is 19.3 Å². The topological polar surface area (TPSA) is 67.8 Å². The molecule has 8 heteroatoms. The third-order valence-corrected chi connectivity index (χ3v) is 5.96. The molecule has 0 aliphatic rings. The molecule has 0 atom stereocenters. The van der Waals surface area contributed by atoms with Crippen molar-refractivity contribution in [3.05, 3.63) is 52.2 Å². The number of ether oxygens (including phenoxy) is 2. The molecule has 3 rings (SSSR count). The molecule has 0 bridgehead atoms. The summed E-state index contributed by atoms with van der Waals surface area (Å²) in [5.74, 6) is 1.01. The molecule has 1 amide bonds. The molecule has 0 aliphatic heterocycles. The van der Waals surface area contributed by atoms with Gasteiger partial charge in [-0.05, 0) is 32.1 Å². The fourth-order valence-corrected chi connectivity index (χ4v) is 4.37. The number of methoxy groups -OCH3 is 2. The number of benzene rings is 1. The fourth-order valence-electron chi connectivity index (χ4n) is 3.21. The second-order valence-corrected chi connectivity index (χ2v) is 8.33. The monoisotopic (exact) mass is 428 g/mol. The van der Waals surface area contributed by atoms with Crippen molar-refractivity contribution in [2.45, 2.75) is 20.1 Å². The average molecular weight is 429 g/mol. The predicted octanol–water partition coefficient (Wildman–Crippen LogP) is 3.36. The van der Waals surface area contributed by atoms with E-state index in [0.717, 1.165) is 27.9 Å². The van der Waals surface area contributed by atoms with Gasteiger partial charge in [0.1, 0.15) is 11.4 Å². The van der Waals surface area contributed by atoms with Crippen LogP contribution in [0.2, 0.25) is 0 Å². The van der Waals surface area contributed by atoms with Crippen molar-refractivity contribution in [2.24, 2.45) is 0 Å². The molecule has 2 aromatic heterocycles. The van der Waals surface area contributed by atoms with E-state index in [9.17, 15) is 4.79 Å². The third-order valence-electron chi connectivity index (χ3n) is 4.78. The highest BCUT2D eigenvalue weighted by molar-refractivity contribution is 7.20. The van der Waals surface area contributed by atoms with E-state index in [1.165, 1.54) is 11.3 Å². The number of carbonyl (C=O) groups is 1. The number of hydrogen-bond donors (Lipinski definition) is 0. The van der Waals surface area contributed by atoms with Gasteiger partial charge in [0, 0.05) is 26.7 Å². The van der Waals surface area contributed by atoms with Gasteiger partial charge in [-0.2, -0.15) is 4.98 Å². The number of thiophene rings is 1. The molecule has 3 aromatic rings. The number of nitrogens with zero attached hydrogens (tertiary/aromatic N) is 4. The number of rotatable bonds is 9. The zero-order valence-corrected chi connectivity index (χ0v) is 19.0. The van der Waals surface area contributed by atoms with Gasteiger partial charge in [-0.3, -0.25) is 4.79 Å². The van der Waals surface area contributed by atoms with Crippen LogP contribution in [0.1, 0.15) is 26.6 Å². The molecule has 1 aromatic carbocycles. The van der Waals surface area contributed by atoms with Gasteiger partial charge in [0.25, 0.3) is 5.91 Å². The van der Waals surface area contributed by atoms with Crippen molar-refractivity contribution < 1.29 is 14.3 Å². The van der Waals surface area contributed by atoms with E-state index in [4.69, 9.17) is 9.47 Å². The summed E-state index contributed by atoms with van der Waals surface area (Å²) >= 11 is 1.38. The maximum Gasteiger partial charge on any atom is 0.264 e. The lowest BCUT2D eigenvalue weighted by molar-refractivity contribution is 0.0736. The summed E-state index contributed by atoms with van der Waals surface area (Å²) in [6, 6.07) is 10.0. The zero-order valence-electron chi connectivity index (χ0n) is 18.1. The van der Waals surface area contributed by atoms with E-state index in [1.54, 1.807) is 14.2 Å². The van der Waals surface area contributed by atoms with E-state index >= 15 is 0 Å². The van der Waals surface area contributed by atoms with Crippen molar-refractivity contribution in [1.29, 1.82) is 0 Å². The van der Waals surface area contributed by atoms with Crippen LogP contribution in [0.4, 0.5) is 0 Å². The number of aromatic nitrogens is 2. The molecule has 160 valence electrons. The summed E-state index contributed by atoms with van der Waals surface area (Å²) in [5.41, 5.74) is 1.95. The molecule has 30 heavy (non-hydrogen) atoms. The Bertz CT molecular complexity index is 1000. The maximum absolute atomic E-state index is 13.6. The first kappa shape index (κ1) is 22.1. The Hall–Kier alpha value is -2.55. The van der Waals surface area contributed by atoms with E-state index in [2.05, 4.69) is 14.9 Å². The van der Waals surface area contributed by atoms with Crippen LogP contribution < -0.4 is 4.74 Å². The Labute approximate surface area is 181 Å². The van der Waals surface area contributed by atoms with Gasteiger partial charge in [-0.25, -0.2) is 4.98 Å². The Kier molecular flexibility index (Phi) is 7.36. The van der Waals surface area contributed by atoms with Crippen molar-refractivity contribution >= 4 is 27.5 Å². The molecule has 0 saturated heterocycles. The van der Waals surface area contributed by atoms with Gasteiger partial charge >= 0.3 is 0 Å². The lowest BCUT2D eigenvalue weighted by atomic mass is 10.1. The lowest BCUT2D eigenvalue weighted by Gasteiger charge is -2.24. The number of hydrogen-bond acceptors (Lipinski definition) is 7. The molecule has 0 fully saturated rings. The van der Waals surface area contributed by atoms with Gasteiger partial charge in [-0.15, -0.1) is 11.3 Å². The van der Waals surface area contributed by atoms with Crippen LogP contribution in [0, 0.1) is 6.92 Å². The predicted molar refractivity (Wildman–Crippen MR) is 119 cm³/mol. The van der Waals surface area contributed by atoms with Crippen LogP contribution in [0.25, 0.3) is 10.2 Å². The highest BCUT2D eigenvalue weighted by atomic mass is 32.1. The minimum absolute atomic E-state index is 0.00320. The van der Waals surface area contributed by atoms with E-state index in [0.29, 0.717) is 29.7 Å². The van der Waals surface area contributed by atoms with E-state index in [-0.39, 0.29) is 12.5 Å². The Morgan fingerprint density at radius 2 is 1.83 bits per heavy atom. The van der Waals surface area contributed by atoms with Crippen molar-refractivity contribution in [1.82, 2.24) is 19.8 Å². The molecule has 7 nitrogen and oxygen atoms in total. The summed E-state index contributed by atoms with van der Waals surface area (Å²) < 4.78 is 10.7. The first-order valence-corrected chi connectivity index (χ1v) is 10.6. The smallest absolute Gasteiger partial charge is 0.264 e. The second kappa shape index (κ2) is 9.97. The number of likely N-dealkylation sites (N-methyl/N-ethyl adjacent to an activating group) is 1. The first-order valence-electron chi connectivity index (χ1n) is 9.75. The second-order valence-electron chi connectivity index (χ2n) is 7.33. The van der Waals surface area contributed by atoms with E-state index in [1.807, 2.05) is 56.3 Å². The summed E-state index contributed by atoms with van der Waals surface area (Å²) in [6.07, 6.45) is 0.